The molecule has 0 saturated heterocycles. The summed E-state index contributed by atoms with van der Waals surface area (Å²) < 4.78 is 2.29. The lowest BCUT2D eigenvalue weighted by molar-refractivity contribution is 0.728. The van der Waals surface area contributed by atoms with Gasteiger partial charge in [0.05, 0.1) is 16.4 Å². The van der Waals surface area contributed by atoms with Gasteiger partial charge in [-0.1, -0.05) is 170 Å². The standard InChI is InChI=1S/C48H36N4/c1-3-19-37-39-31-32-40-38-29-17-18-30-42(38)52(47-50-45(33-21-9-5-10-22-33)49-46(51-47)34-23-11-6-12-24-34)44(40)43(39)48(41(37)20-4-2,35-25-13-7-14-26-35)36-27-15-8-16-28-36/h3-19,21-32H,2,20H2,1H3/b19-3-. The molecule has 1 aliphatic rings. The largest absolute Gasteiger partial charge is 0.277 e. The van der Waals surface area contributed by atoms with Crippen molar-refractivity contribution in [3.8, 4) is 28.7 Å². The van der Waals surface area contributed by atoms with Crippen LogP contribution in [0.3, 0.4) is 0 Å². The Bertz CT molecular complexity index is 2560. The molecule has 0 radical (unpaired) electrons. The van der Waals surface area contributed by atoms with Crippen LogP contribution >= 0.6 is 0 Å². The van der Waals surface area contributed by atoms with Gasteiger partial charge in [0.1, 0.15) is 0 Å². The van der Waals surface area contributed by atoms with Gasteiger partial charge in [0, 0.05) is 27.5 Å². The molecule has 0 fully saturated rings. The van der Waals surface area contributed by atoms with Gasteiger partial charge in [-0.3, -0.25) is 4.57 Å². The Hall–Kier alpha value is -6.65. The minimum absolute atomic E-state index is 0.576. The average molecular weight is 669 g/mol. The lowest BCUT2D eigenvalue weighted by Crippen LogP contribution is -2.30. The molecule has 0 amide bonds. The smallest absolute Gasteiger partial charge is 0.238 e. The highest BCUT2D eigenvalue weighted by atomic mass is 15.2. The number of para-hydroxylation sites is 1. The van der Waals surface area contributed by atoms with E-state index in [4.69, 9.17) is 15.0 Å². The molecule has 0 spiro atoms. The maximum Gasteiger partial charge on any atom is 0.238 e. The second kappa shape index (κ2) is 12.9. The normalized spacial score (nSPS) is 13.6. The summed E-state index contributed by atoms with van der Waals surface area (Å²) in [4.78, 5) is 15.6. The predicted octanol–water partition coefficient (Wildman–Crippen LogP) is 11.6. The summed E-state index contributed by atoms with van der Waals surface area (Å²) in [6.45, 7) is 6.38. The molecule has 2 aromatic heterocycles. The fraction of sp³-hybridized carbons (Fsp3) is 0.0625. The van der Waals surface area contributed by atoms with E-state index < -0.39 is 5.41 Å². The number of nitrogens with zero attached hydrogens (tertiary/aromatic N) is 4. The first-order valence-corrected chi connectivity index (χ1v) is 17.8. The van der Waals surface area contributed by atoms with E-state index in [-0.39, 0.29) is 0 Å². The van der Waals surface area contributed by atoms with Crippen LogP contribution in [0.1, 0.15) is 35.6 Å². The summed E-state index contributed by atoms with van der Waals surface area (Å²) in [5, 5.41) is 2.29. The van der Waals surface area contributed by atoms with Crippen LogP contribution < -0.4 is 0 Å². The third-order valence-corrected chi connectivity index (χ3v) is 10.3. The van der Waals surface area contributed by atoms with Gasteiger partial charge in [-0.25, -0.2) is 4.98 Å². The van der Waals surface area contributed by atoms with Gasteiger partial charge in [0.15, 0.2) is 11.6 Å². The highest BCUT2D eigenvalue weighted by Gasteiger charge is 2.48. The van der Waals surface area contributed by atoms with Gasteiger partial charge in [0.2, 0.25) is 5.95 Å². The highest BCUT2D eigenvalue weighted by molar-refractivity contribution is 6.13. The number of hydrogen-bond donors (Lipinski definition) is 0. The fourth-order valence-corrected chi connectivity index (χ4v) is 8.23. The molecule has 0 atom stereocenters. The van der Waals surface area contributed by atoms with E-state index in [9.17, 15) is 0 Å². The minimum atomic E-state index is -0.635. The quantitative estimate of drug-likeness (QED) is 0.151. The molecule has 4 nitrogen and oxygen atoms in total. The van der Waals surface area contributed by atoms with Gasteiger partial charge < -0.3 is 0 Å². The molecule has 0 N–H and O–H groups in total. The van der Waals surface area contributed by atoms with Crippen LogP contribution in [0.25, 0.3) is 56.1 Å². The van der Waals surface area contributed by atoms with Gasteiger partial charge in [0.25, 0.3) is 0 Å². The monoisotopic (exact) mass is 668 g/mol. The third-order valence-electron chi connectivity index (χ3n) is 10.3. The summed E-state index contributed by atoms with van der Waals surface area (Å²) in [6.07, 6.45) is 7.18. The van der Waals surface area contributed by atoms with Crippen LogP contribution in [-0.2, 0) is 5.41 Å². The third kappa shape index (κ3) is 4.79. The fourth-order valence-electron chi connectivity index (χ4n) is 8.23. The van der Waals surface area contributed by atoms with Crippen molar-refractivity contribution in [3.05, 3.63) is 210 Å². The van der Waals surface area contributed by atoms with E-state index in [2.05, 4.69) is 152 Å². The van der Waals surface area contributed by atoms with E-state index in [1.165, 1.54) is 33.4 Å². The SMILES string of the molecule is C=CCC1=C(/C=C\C)c2ccc3c4ccccc4n(-c4nc(-c5ccccc5)nc(-c5ccccc5)n4)c3c2C1(c1ccccc1)c1ccccc1. The zero-order valence-electron chi connectivity index (χ0n) is 28.9. The van der Waals surface area contributed by atoms with Crippen molar-refractivity contribution in [2.45, 2.75) is 18.8 Å². The first kappa shape index (κ1) is 31.3. The van der Waals surface area contributed by atoms with Crippen molar-refractivity contribution in [2.75, 3.05) is 0 Å². The minimum Gasteiger partial charge on any atom is -0.277 e. The topological polar surface area (TPSA) is 43.6 Å². The van der Waals surface area contributed by atoms with Gasteiger partial charge >= 0.3 is 0 Å². The van der Waals surface area contributed by atoms with Crippen LogP contribution in [0, 0.1) is 0 Å². The Balaban J connectivity index is 1.49. The van der Waals surface area contributed by atoms with Crippen LogP contribution in [0.15, 0.2) is 188 Å². The number of hydrogen-bond acceptors (Lipinski definition) is 3. The lowest BCUT2D eigenvalue weighted by atomic mass is 9.65. The average Bonchev–Trinajstić information content (AvgIpc) is 3.70. The first-order valence-electron chi connectivity index (χ1n) is 17.8. The molecule has 52 heavy (non-hydrogen) atoms. The molecule has 9 rings (SSSR count). The van der Waals surface area contributed by atoms with Gasteiger partial charge in [-0.15, -0.1) is 6.58 Å². The molecule has 0 unspecified atom stereocenters. The van der Waals surface area contributed by atoms with E-state index in [1.54, 1.807) is 0 Å². The number of allylic oxidation sites excluding steroid dienone is 5. The van der Waals surface area contributed by atoms with Crippen LogP contribution in [0.4, 0.5) is 0 Å². The van der Waals surface area contributed by atoms with E-state index in [0.29, 0.717) is 24.0 Å². The van der Waals surface area contributed by atoms with Gasteiger partial charge in [-0.2, -0.15) is 9.97 Å². The maximum absolute atomic E-state index is 5.30. The maximum atomic E-state index is 5.30. The zero-order valence-corrected chi connectivity index (χ0v) is 28.9. The molecule has 2 heterocycles. The summed E-state index contributed by atoms with van der Waals surface area (Å²) >= 11 is 0. The van der Waals surface area contributed by atoms with Crippen molar-refractivity contribution in [3.63, 3.8) is 0 Å². The Morgan fingerprint density at radius 1 is 0.596 bits per heavy atom. The van der Waals surface area contributed by atoms with Crippen molar-refractivity contribution < 1.29 is 0 Å². The van der Waals surface area contributed by atoms with Crippen molar-refractivity contribution in [1.29, 1.82) is 0 Å². The number of benzene rings is 6. The molecule has 0 bridgehead atoms. The first-order chi connectivity index (χ1) is 25.7. The Morgan fingerprint density at radius 3 is 1.69 bits per heavy atom. The Kier molecular flexibility index (Phi) is 7.78. The zero-order chi connectivity index (χ0) is 35.1. The summed E-state index contributed by atoms with van der Waals surface area (Å²) in [5.74, 6) is 1.83. The molecule has 8 aromatic rings. The molecule has 248 valence electrons. The number of rotatable bonds is 8. The molecule has 0 aliphatic heterocycles. The van der Waals surface area contributed by atoms with E-state index in [0.717, 1.165) is 32.9 Å². The summed E-state index contributed by atoms with van der Waals surface area (Å²) in [6, 6.07) is 55.5. The molecule has 6 aromatic carbocycles. The highest BCUT2D eigenvalue weighted by Crippen LogP contribution is 2.58. The predicted molar refractivity (Wildman–Crippen MR) is 214 cm³/mol. The summed E-state index contributed by atoms with van der Waals surface area (Å²) in [5.41, 5.74) is 10.7. The molecular formula is C48H36N4. The molecular weight excluding hydrogens is 633 g/mol. The molecule has 1 aliphatic carbocycles. The van der Waals surface area contributed by atoms with Crippen molar-refractivity contribution in [2.24, 2.45) is 0 Å². The second-order valence-electron chi connectivity index (χ2n) is 13.1. The number of aromatic nitrogens is 4. The Labute approximate surface area is 303 Å². The summed E-state index contributed by atoms with van der Waals surface area (Å²) in [7, 11) is 0. The lowest BCUT2D eigenvalue weighted by Gasteiger charge is -2.36. The van der Waals surface area contributed by atoms with Crippen LogP contribution in [0.5, 0.6) is 0 Å². The second-order valence-corrected chi connectivity index (χ2v) is 13.1. The van der Waals surface area contributed by atoms with Crippen molar-refractivity contribution in [1.82, 2.24) is 19.5 Å². The Morgan fingerprint density at radius 2 is 1.13 bits per heavy atom. The van der Waals surface area contributed by atoms with E-state index >= 15 is 0 Å². The molecule has 0 saturated carbocycles. The van der Waals surface area contributed by atoms with Gasteiger partial charge in [-0.05, 0) is 47.2 Å². The molecule has 4 heteroatoms. The van der Waals surface area contributed by atoms with Crippen LogP contribution in [0.2, 0.25) is 0 Å². The number of fused-ring (bicyclic) bond motifs is 5. The van der Waals surface area contributed by atoms with E-state index in [1.807, 2.05) is 42.5 Å². The van der Waals surface area contributed by atoms with Crippen molar-refractivity contribution >= 4 is 27.4 Å². The van der Waals surface area contributed by atoms with Crippen LogP contribution in [-0.4, -0.2) is 19.5 Å².